The largest absolute Gasteiger partial charge is 0.372 e. The summed E-state index contributed by atoms with van der Waals surface area (Å²) in [5.41, 5.74) is 1.98. The van der Waals surface area contributed by atoms with E-state index < -0.39 is 0 Å². The number of benzene rings is 1. The molecule has 0 aliphatic heterocycles. The lowest BCUT2D eigenvalue weighted by molar-refractivity contribution is 0.691. The van der Waals surface area contributed by atoms with Gasteiger partial charge in [0.15, 0.2) is 5.82 Å². The summed E-state index contributed by atoms with van der Waals surface area (Å²) < 4.78 is 0.979. The van der Waals surface area contributed by atoms with Gasteiger partial charge < -0.3 is 5.32 Å². The van der Waals surface area contributed by atoms with Gasteiger partial charge in [-0.05, 0) is 40.9 Å². The lowest BCUT2D eigenvalue weighted by Crippen LogP contribution is -2.06. The maximum atomic E-state index is 6.29. The first kappa shape index (κ1) is 14.8. The lowest BCUT2D eigenvalue weighted by atomic mass is 10.0. The van der Waals surface area contributed by atoms with E-state index in [1.54, 1.807) is 0 Å². The van der Waals surface area contributed by atoms with Crippen LogP contribution in [0.3, 0.4) is 0 Å². The molecular formula is C16H17BrClN3. The molecule has 5 heteroatoms. The van der Waals surface area contributed by atoms with Crippen LogP contribution in [-0.4, -0.2) is 17.0 Å². The first-order valence-electron chi connectivity index (χ1n) is 7.20. The minimum atomic E-state index is 0.510. The molecule has 1 fully saturated rings. The Morgan fingerprint density at radius 1 is 1.19 bits per heavy atom. The molecule has 1 saturated carbocycles. The third-order valence-corrected chi connectivity index (χ3v) is 5.08. The number of anilines is 1. The third kappa shape index (κ3) is 2.92. The minimum absolute atomic E-state index is 0.510. The highest BCUT2D eigenvalue weighted by Crippen LogP contribution is 2.40. The molecule has 1 N–H and O–H groups in total. The average molecular weight is 367 g/mol. The average Bonchev–Trinajstić information content (AvgIpc) is 3.02. The van der Waals surface area contributed by atoms with Crippen molar-refractivity contribution >= 4 is 33.3 Å². The van der Waals surface area contributed by atoms with Crippen molar-refractivity contribution in [1.29, 1.82) is 0 Å². The fourth-order valence-electron chi connectivity index (χ4n) is 2.86. The van der Waals surface area contributed by atoms with Crippen LogP contribution in [0, 0.1) is 0 Å². The summed E-state index contributed by atoms with van der Waals surface area (Å²) in [6.45, 7) is 0. The maximum Gasteiger partial charge on any atom is 0.163 e. The van der Waals surface area contributed by atoms with Crippen LogP contribution in [-0.2, 0) is 0 Å². The standard InChI is InChI=1S/C16H17BrClN3/c1-19-16-13(17)14(10-6-2-3-7-10)20-15(21-16)11-8-4-5-9-12(11)18/h4-5,8-10H,2-3,6-7H2,1H3,(H,19,20,21). The quantitative estimate of drug-likeness (QED) is 0.805. The van der Waals surface area contributed by atoms with Crippen LogP contribution in [0.1, 0.15) is 37.3 Å². The van der Waals surface area contributed by atoms with Gasteiger partial charge in [0.05, 0.1) is 15.2 Å². The summed E-state index contributed by atoms with van der Waals surface area (Å²) in [4.78, 5) is 9.41. The van der Waals surface area contributed by atoms with E-state index in [1.807, 2.05) is 31.3 Å². The van der Waals surface area contributed by atoms with Crippen LogP contribution in [0.25, 0.3) is 11.4 Å². The molecule has 0 radical (unpaired) electrons. The normalized spacial score (nSPS) is 15.4. The molecule has 3 nitrogen and oxygen atoms in total. The van der Waals surface area contributed by atoms with Gasteiger partial charge in [0.25, 0.3) is 0 Å². The summed E-state index contributed by atoms with van der Waals surface area (Å²) >= 11 is 9.95. The Balaban J connectivity index is 2.13. The summed E-state index contributed by atoms with van der Waals surface area (Å²) in [6, 6.07) is 7.71. The third-order valence-electron chi connectivity index (χ3n) is 3.97. The highest BCUT2D eigenvalue weighted by Gasteiger charge is 2.24. The highest BCUT2D eigenvalue weighted by atomic mass is 79.9. The lowest BCUT2D eigenvalue weighted by Gasteiger charge is -2.15. The molecule has 0 spiro atoms. The fraction of sp³-hybridized carbons (Fsp3) is 0.375. The van der Waals surface area contributed by atoms with Gasteiger partial charge in [0, 0.05) is 18.5 Å². The van der Waals surface area contributed by atoms with E-state index in [4.69, 9.17) is 16.6 Å². The van der Waals surface area contributed by atoms with Crippen molar-refractivity contribution in [3.63, 3.8) is 0 Å². The van der Waals surface area contributed by atoms with E-state index in [1.165, 1.54) is 25.7 Å². The SMILES string of the molecule is CNc1nc(-c2ccccc2Cl)nc(C2CCCC2)c1Br. The number of hydrogen-bond acceptors (Lipinski definition) is 3. The van der Waals surface area contributed by atoms with Crippen LogP contribution in [0.4, 0.5) is 5.82 Å². The van der Waals surface area contributed by atoms with Crippen LogP contribution < -0.4 is 5.32 Å². The van der Waals surface area contributed by atoms with E-state index in [0.717, 1.165) is 21.5 Å². The van der Waals surface area contributed by atoms with E-state index in [-0.39, 0.29) is 0 Å². The monoisotopic (exact) mass is 365 g/mol. The van der Waals surface area contributed by atoms with Gasteiger partial charge in [-0.1, -0.05) is 36.6 Å². The molecule has 0 amide bonds. The van der Waals surface area contributed by atoms with Crippen molar-refractivity contribution in [3.05, 3.63) is 39.5 Å². The molecule has 1 heterocycles. The van der Waals surface area contributed by atoms with Crippen molar-refractivity contribution in [2.75, 3.05) is 12.4 Å². The Morgan fingerprint density at radius 3 is 2.57 bits per heavy atom. The summed E-state index contributed by atoms with van der Waals surface area (Å²) in [5, 5.41) is 3.83. The fourth-order valence-corrected chi connectivity index (χ4v) is 3.78. The topological polar surface area (TPSA) is 37.8 Å². The Hall–Kier alpha value is -1.13. The van der Waals surface area contributed by atoms with Crippen molar-refractivity contribution in [1.82, 2.24) is 9.97 Å². The van der Waals surface area contributed by atoms with Gasteiger partial charge in [-0.25, -0.2) is 9.97 Å². The zero-order chi connectivity index (χ0) is 14.8. The molecule has 0 saturated heterocycles. The van der Waals surface area contributed by atoms with Crippen molar-refractivity contribution in [2.45, 2.75) is 31.6 Å². The molecule has 110 valence electrons. The second-order valence-electron chi connectivity index (χ2n) is 5.31. The van der Waals surface area contributed by atoms with Gasteiger partial charge in [-0.15, -0.1) is 0 Å². The van der Waals surface area contributed by atoms with E-state index >= 15 is 0 Å². The van der Waals surface area contributed by atoms with Gasteiger partial charge in [0.1, 0.15) is 5.82 Å². The molecule has 1 aromatic heterocycles. The number of nitrogens with zero attached hydrogens (tertiary/aromatic N) is 2. The first-order chi connectivity index (χ1) is 10.2. The van der Waals surface area contributed by atoms with E-state index in [2.05, 4.69) is 26.2 Å². The van der Waals surface area contributed by atoms with E-state index in [0.29, 0.717) is 16.8 Å². The molecule has 21 heavy (non-hydrogen) atoms. The molecule has 0 unspecified atom stereocenters. The first-order valence-corrected chi connectivity index (χ1v) is 8.38. The number of aromatic nitrogens is 2. The molecule has 3 rings (SSSR count). The van der Waals surface area contributed by atoms with Crippen LogP contribution in [0.15, 0.2) is 28.7 Å². The Morgan fingerprint density at radius 2 is 1.90 bits per heavy atom. The van der Waals surface area contributed by atoms with Crippen LogP contribution in [0.2, 0.25) is 5.02 Å². The number of hydrogen-bond donors (Lipinski definition) is 1. The summed E-state index contributed by atoms with van der Waals surface area (Å²) in [5.74, 6) is 2.02. The second-order valence-corrected chi connectivity index (χ2v) is 6.51. The van der Waals surface area contributed by atoms with Crippen molar-refractivity contribution in [2.24, 2.45) is 0 Å². The Kier molecular flexibility index (Phi) is 4.45. The maximum absolute atomic E-state index is 6.29. The molecule has 1 aromatic carbocycles. The molecule has 2 aromatic rings. The molecular weight excluding hydrogens is 350 g/mol. The van der Waals surface area contributed by atoms with Gasteiger partial charge >= 0.3 is 0 Å². The van der Waals surface area contributed by atoms with Crippen LogP contribution >= 0.6 is 27.5 Å². The van der Waals surface area contributed by atoms with Gasteiger partial charge in [-0.3, -0.25) is 0 Å². The molecule has 1 aliphatic rings. The Bertz CT molecular complexity index is 654. The van der Waals surface area contributed by atoms with Crippen molar-refractivity contribution in [3.8, 4) is 11.4 Å². The van der Waals surface area contributed by atoms with Crippen LogP contribution in [0.5, 0.6) is 0 Å². The van der Waals surface area contributed by atoms with Crippen molar-refractivity contribution < 1.29 is 0 Å². The molecule has 0 bridgehead atoms. The van der Waals surface area contributed by atoms with Gasteiger partial charge in [-0.2, -0.15) is 0 Å². The summed E-state index contributed by atoms with van der Waals surface area (Å²) in [6.07, 6.45) is 4.94. The number of halogens is 2. The predicted molar refractivity (Wildman–Crippen MR) is 90.9 cm³/mol. The zero-order valence-electron chi connectivity index (χ0n) is 11.9. The smallest absolute Gasteiger partial charge is 0.163 e. The second kappa shape index (κ2) is 6.32. The zero-order valence-corrected chi connectivity index (χ0v) is 14.2. The number of nitrogens with one attached hydrogen (secondary N) is 1. The van der Waals surface area contributed by atoms with Gasteiger partial charge in [0.2, 0.25) is 0 Å². The van der Waals surface area contributed by atoms with E-state index in [9.17, 15) is 0 Å². The minimum Gasteiger partial charge on any atom is -0.372 e. The molecule has 1 aliphatic carbocycles. The highest BCUT2D eigenvalue weighted by molar-refractivity contribution is 9.10. The summed E-state index contributed by atoms with van der Waals surface area (Å²) in [7, 11) is 1.88. The predicted octanol–water partition coefficient (Wildman–Crippen LogP) is 5.26. The molecule has 0 atom stereocenters. The Labute approximate surface area is 138 Å². The number of rotatable bonds is 3.